The lowest BCUT2D eigenvalue weighted by Gasteiger charge is -2.25. The second kappa shape index (κ2) is 11.8. The Morgan fingerprint density at radius 3 is 1.93 bits per heavy atom. The quantitative estimate of drug-likeness (QED) is 0.173. The van der Waals surface area contributed by atoms with Crippen LogP contribution >= 0.6 is 11.3 Å². The number of aromatic nitrogens is 1. The van der Waals surface area contributed by atoms with Crippen molar-refractivity contribution < 1.29 is 0 Å². The number of thiophene rings is 1. The fourth-order valence-corrected chi connectivity index (χ4v) is 10.4. The van der Waals surface area contributed by atoms with Crippen LogP contribution in [0.4, 0.5) is 17.1 Å². The van der Waals surface area contributed by atoms with Crippen molar-refractivity contribution in [3.8, 4) is 27.9 Å². The van der Waals surface area contributed by atoms with E-state index in [1.807, 2.05) is 11.3 Å². The zero-order chi connectivity index (χ0) is 36.0. The third-order valence-corrected chi connectivity index (χ3v) is 12.8. The summed E-state index contributed by atoms with van der Waals surface area (Å²) in [5.41, 5.74) is 14.8. The maximum atomic E-state index is 2.53. The highest BCUT2D eigenvalue weighted by Crippen LogP contribution is 2.53. The molecule has 0 unspecified atom stereocenters. The first-order chi connectivity index (χ1) is 26.6. The molecule has 10 aromatic rings. The minimum absolute atomic E-state index is 0.169. The van der Waals surface area contributed by atoms with Gasteiger partial charge in [-0.05, 0) is 94.0 Å². The highest BCUT2D eigenvalue weighted by atomic mass is 32.1. The monoisotopic (exact) mass is 708 g/mol. The molecule has 1 aliphatic rings. The van der Waals surface area contributed by atoms with Gasteiger partial charge in [0.2, 0.25) is 0 Å². The molecular formula is C51H36N2S. The highest BCUT2D eigenvalue weighted by Gasteiger charge is 2.38. The normalized spacial score (nSPS) is 13.1. The Morgan fingerprint density at radius 1 is 0.481 bits per heavy atom. The first-order valence-electron chi connectivity index (χ1n) is 18.7. The van der Waals surface area contributed by atoms with Crippen LogP contribution in [0.2, 0.25) is 0 Å². The summed E-state index contributed by atoms with van der Waals surface area (Å²) < 4.78 is 5.20. The van der Waals surface area contributed by atoms with Crippen LogP contribution in [0.3, 0.4) is 0 Å². The molecule has 0 saturated carbocycles. The Hall–Kier alpha value is -6.42. The van der Waals surface area contributed by atoms with E-state index in [9.17, 15) is 0 Å². The predicted octanol–water partition coefficient (Wildman–Crippen LogP) is 14.6. The van der Waals surface area contributed by atoms with E-state index < -0.39 is 0 Å². The molecule has 3 heteroatoms. The van der Waals surface area contributed by atoms with E-state index in [2.05, 4.69) is 205 Å². The molecule has 2 nitrogen and oxygen atoms in total. The van der Waals surface area contributed by atoms with Gasteiger partial charge in [0.25, 0.3) is 0 Å². The molecule has 2 aromatic heterocycles. The summed E-state index contributed by atoms with van der Waals surface area (Å²) in [4.78, 5) is 2.36. The molecule has 11 rings (SSSR count). The van der Waals surface area contributed by atoms with Crippen LogP contribution in [0, 0.1) is 0 Å². The first kappa shape index (κ1) is 31.1. The molecule has 256 valence electrons. The Morgan fingerprint density at radius 2 is 1.15 bits per heavy atom. The van der Waals surface area contributed by atoms with Gasteiger partial charge in [0.1, 0.15) is 0 Å². The van der Waals surface area contributed by atoms with Gasteiger partial charge in [-0.2, -0.15) is 0 Å². The highest BCUT2D eigenvalue weighted by molar-refractivity contribution is 7.26. The maximum Gasteiger partial charge on any atom is 0.0588 e. The van der Waals surface area contributed by atoms with E-state index in [1.54, 1.807) is 0 Å². The van der Waals surface area contributed by atoms with Crippen molar-refractivity contribution in [2.24, 2.45) is 0 Å². The third-order valence-electron chi connectivity index (χ3n) is 11.6. The molecule has 0 radical (unpaired) electrons. The minimum Gasteiger partial charge on any atom is -0.310 e. The van der Waals surface area contributed by atoms with E-state index in [-0.39, 0.29) is 5.41 Å². The van der Waals surface area contributed by atoms with Gasteiger partial charge < -0.3 is 9.47 Å². The van der Waals surface area contributed by atoms with Crippen LogP contribution in [0.25, 0.3) is 69.9 Å². The lowest BCUT2D eigenvalue weighted by atomic mass is 9.81. The molecule has 54 heavy (non-hydrogen) atoms. The maximum absolute atomic E-state index is 2.53. The van der Waals surface area contributed by atoms with Crippen LogP contribution < -0.4 is 4.90 Å². The van der Waals surface area contributed by atoms with E-state index in [0.717, 1.165) is 22.7 Å². The summed E-state index contributed by atoms with van der Waals surface area (Å²) in [5, 5.41) is 5.17. The van der Waals surface area contributed by atoms with Gasteiger partial charge in [-0.25, -0.2) is 0 Å². The Bertz CT molecular complexity index is 3020. The van der Waals surface area contributed by atoms with Crippen molar-refractivity contribution in [3.05, 3.63) is 193 Å². The van der Waals surface area contributed by atoms with Gasteiger partial charge in [-0.1, -0.05) is 135 Å². The van der Waals surface area contributed by atoms with Gasteiger partial charge in [0, 0.05) is 59.1 Å². The van der Waals surface area contributed by atoms with Crippen molar-refractivity contribution in [2.75, 3.05) is 4.90 Å². The molecular weight excluding hydrogens is 673 g/mol. The fraction of sp³-hybridized carbons (Fsp3) is 0.0588. The SMILES string of the molecule is CC1(C)c2ccccc2-c2ccc3c4cc(N(c5ccccc5)c5ccccc5)ccc4n(-c4ccc(-c5cccc6c5sc5ccccc56)cc4)c3c21. The van der Waals surface area contributed by atoms with Gasteiger partial charge in [-0.15, -0.1) is 11.3 Å². The molecule has 0 saturated heterocycles. The smallest absolute Gasteiger partial charge is 0.0588 e. The van der Waals surface area contributed by atoms with E-state index in [4.69, 9.17) is 0 Å². The molecule has 0 spiro atoms. The summed E-state index contributed by atoms with van der Waals surface area (Å²) in [6, 6.07) is 66.8. The molecule has 0 fully saturated rings. The topological polar surface area (TPSA) is 8.17 Å². The van der Waals surface area contributed by atoms with E-state index >= 15 is 0 Å². The average Bonchev–Trinajstić information content (AvgIpc) is 3.84. The number of anilines is 3. The molecule has 0 aliphatic heterocycles. The Balaban J connectivity index is 1.15. The van der Waals surface area contributed by atoms with Gasteiger partial charge in [-0.3, -0.25) is 0 Å². The minimum atomic E-state index is -0.169. The molecule has 0 atom stereocenters. The molecule has 1 aliphatic carbocycles. The van der Waals surface area contributed by atoms with Crippen LogP contribution in [0.1, 0.15) is 25.0 Å². The van der Waals surface area contributed by atoms with E-state index in [1.165, 1.54) is 75.4 Å². The summed E-state index contributed by atoms with van der Waals surface area (Å²) in [5.74, 6) is 0. The van der Waals surface area contributed by atoms with Crippen molar-refractivity contribution in [3.63, 3.8) is 0 Å². The number of para-hydroxylation sites is 2. The molecule has 0 N–H and O–H groups in total. The number of hydrogen-bond acceptors (Lipinski definition) is 2. The number of nitrogens with zero attached hydrogens (tertiary/aromatic N) is 2. The Kier molecular flexibility index (Phi) is 6.80. The number of hydrogen-bond donors (Lipinski definition) is 0. The van der Waals surface area contributed by atoms with Gasteiger partial charge in [0.05, 0.1) is 11.0 Å². The van der Waals surface area contributed by atoms with Crippen molar-refractivity contribution >= 4 is 70.4 Å². The zero-order valence-electron chi connectivity index (χ0n) is 30.1. The molecule has 0 amide bonds. The lowest BCUT2D eigenvalue weighted by Crippen LogP contribution is -2.16. The number of fused-ring (bicyclic) bond motifs is 10. The molecule has 8 aromatic carbocycles. The van der Waals surface area contributed by atoms with Crippen LogP contribution in [0.15, 0.2) is 182 Å². The van der Waals surface area contributed by atoms with Crippen molar-refractivity contribution in [1.29, 1.82) is 0 Å². The van der Waals surface area contributed by atoms with Crippen molar-refractivity contribution in [2.45, 2.75) is 19.3 Å². The van der Waals surface area contributed by atoms with Gasteiger partial charge in [0.15, 0.2) is 0 Å². The largest absolute Gasteiger partial charge is 0.310 e. The van der Waals surface area contributed by atoms with E-state index in [0.29, 0.717) is 0 Å². The zero-order valence-corrected chi connectivity index (χ0v) is 30.9. The summed E-state index contributed by atoms with van der Waals surface area (Å²) in [7, 11) is 0. The molecule has 2 heterocycles. The second-order valence-electron chi connectivity index (χ2n) is 14.9. The summed E-state index contributed by atoms with van der Waals surface area (Å²) in [6.45, 7) is 4.79. The Labute approximate surface area is 318 Å². The first-order valence-corrected chi connectivity index (χ1v) is 19.5. The van der Waals surface area contributed by atoms with Gasteiger partial charge >= 0.3 is 0 Å². The van der Waals surface area contributed by atoms with Crippen LogP contribution in [-0.4, -0.2) is 4.57 Å². The summed E-state index contributed by atoms with van der Waals surface area (Å²) in [6.07, 6.45) is 0. The predicted molar refractivity (Wildman–Crippen MR) is 231 cm³/mol. The van der Waals surface area contributed by atoms with Crippen molar-refractivity contribution in [1.82, 2.24) is 4.57 Å². The fourth-order valence-electron chi connectivity index (χ4n) is 9.12. The van der Waals surface area contributed by atoms with Crippen LogP contribution in [-0.2, 0) is 5.41 Å². The average molecular weight is 709 g/mol. The standard InChI is InChI=1S/C51H36N2S/c1-51(2)45-22-11-9-18-39(45)41-29-30-42-44-32-37(52(34-14-5-3-6-15-34)35-16-7-4-8-17-35)28-31-46(44)53(49(42)48(41)51)36-26-24-33(25-27-36)38-20-13-21-43-40-19-10-12-23-47(40)54-50(38)43/h3-32H,1-2H3. The number of rotatable bonds is 5. The lowest BCUT2D eigenvalue weighted by molar-refractivity contribution is 0.664. The third kappa shape index (κ3) is 4.52. The summed E-state index contributed by atoms with van der Waals surface area (Å²) >= 11 is 1.89. The molecule has 0 bridgehead atoms. The number of benzene rings is 8. The van der Waals surface area contributed by atoms with Crippen LogP contribution in [0.5, 0.6) is 0 Å². The second-order valence-corrected chi connectivity index (χ2v) is 16.0.